The first-order chi connectivity index (χ1) is 10.1. The van der Waals surface area contributed by atoms with E-state index in [1.807, 2.05) is 13.8 Å². The number of nitrogens with one attached hydrogen (secondary N) is 1. The van der Waals surface area contributed by atoms with Gasteiger partial charge in [-0.2, -0.15) is 0 Å². The van der Waals surface area contributed by atoms with Gasteiger partial charge >= 0.3 is 0 Å². The predicted octanol–water partition coefficient (Wildman–Crippen LogP) is 0.655. The van der Waals surface area contributed by atoms with Crippen molar-refractivity contribution in [2.24, 2.45) is 4.99 Å². The summed E-state index contributed by atoms with van der Waals surface area (Å²) in [6.07, 6.45) is 4.84. The fourth-order valence-electron chi connectivity index (χ4n) is 2.19. The zero-order chi connectivity index (χ0) is 15.2. The summed E-state index contributed by atoms with van der Waals surface area (Å²) in [6.45, 7) is 6.70. The Morgan fingerprint density at radius 3 is 2.86 bits per heavy atom. The third kappa shape index (κ3) is 4.26. The number of carbonyl (C=O) groups excluding carboxylic acids is 2. The molecule has 0 saturated heterocycles. The van der Waals surface area contributed by atoms with E-state index in [0.717, 1.165) is 13.1 Å². The molecule has 114 valence electrons. The lowest BCUT2D eigenvalue weighted by atomic mass is 10.1. The van der Waals surface area contributed by atoms with Crippen LogP contribution in [0.1, 0.15) is 20.3 Å². The fraction of sp³-hybridized carbons (Fsp3) is 0.533. The normalized spacial score (nSPS) is 20.0. The number of carbonyl (C=O) groups is 2. The van der Waals surface area contributed by atoms with Crippen LogP contribution in [-0.4, -0.2) is 54.7 Å². The average Bonchev–Trinajstić information content (AvgIpc) is 2.86. The number of aliphatic imine (C=N–C) groups is 1. The van der Waals surface area contributed by atoms with Gasteiger partial charge in [0.2, 0.25) is 5.91 Å². The van der Waals surface area contributed by atoms with Gasteiger partial charge in [0.1, 0.15) is 5.71 Å². The van der Waals surface area contributed by atoms with E-state index in [9.17, 15) is 9.59 Å². The van der Waals surface area contributed by atoms with Crippen LogP contribution >= 0.6 is 0 Å². The fourth-order valence-corrected chi connectivity index (χ4v) is 2.19. The van der Waals surface area contributed by atoms with Crippen LogP contribution in [0.2, 0.25) is 0 Å². The molecule has 1 atom stereocenters. The second-order valence-corrected chi connectivity index (χ2v) is 4.93. The molecule has 6 nitrogen and oxygen atoms in total. The van der Waals surface area contributed by atoms with Crippen LogP contribution in [-0.2, 0) is 14.3 Å². The quantitative estimate of drug-likeness (QED) is 0.699. The molecule has 1 heterocycles. The van der Waals surface area contributed by atoms with Crippen LogP contribution in [0.4, 0.5) is 0 Å². The number of ether oxygens (including phenoxy) is 1. The molecule has 21 heavy (non-hydrogen) atoms. The summed E-state index contributed by atoms with van der Waals surface area (Å²) in [4.78, 5) is 29.4. The Bertz CT molecular complexity index is 504. The third-order valence-electron chi connectivity index (χ3n) is 3.45. The van der Waals surface area contributed by atoms with Crippen LogP contribution in [0.15, 0.2) is 29.0 Å². The zero-order valence-electron chi connectivity index (χ0n) is 12.5. The molecule has 1 aliphatic heterocycles. The Balaban J connectivity index is 1.72. The number of fused-ring (bicyclic) bond motifs is 1. The maximum atomic E-state index is 11.7. The van der Waals surface area contributed by atoms with Crippen molar-refractivity contribution in [2.75, 3.05) is 26.2 Å². The second kappa shape index (κ2) is 7.17. The van der Waals surface area contributed by atoms with Gasteiger partial charge in [0.05, 0.1) is 6.54 Å². The highest BCUT2D eigenvalue weighted by Crippen LogP contribution is 2.21. The van der Waals surface area contributed by atoms with E-state index < -0.39 is 0 Å². The van der Waals surface area contributed by atoms with Crippen LogP contribution in [0.5, 0.6) is 0 Å². The summed E-state index contributed by atoms with van der Waals surface area (Å²) < 4.78 is 5.56. The van der Waals surface area contributed by atoms with Gasteiger partial charge in [0, 0.05) is 19.0 Å². The van der Waals surface area contributed by atoms with Gasteiger partial charge in [-0.05, 0) is 25.2 Å². The second-order valence-electron chi connectivity index (χ2n) is 4.93. The average molecular weight is 291 g/mol. The smallest absolute Gasteiger partial charge is 0.234 e. The van der Waals surface area contributed by atoms with E-state index in [1.54, 1.807) is 6.08 Å². The summed E-state index contributed by atoms with van der Waals surface area (Å²) in [5.41, 5.74) is 0.703. The molecule has 0 spiro atoms. The number of rotatable bonds is 7. The lowest BCUT2D eigenvalue weighted by Gasteiger charge is -2.17. The molecule has 0 saturated carbocycles. The topological polar surface area (TPSA) is 71.0 Å². The molecule has 0 radical (unpaired) electrons. The molecule has 0 fully saturated rings. The van der Waals surface area contributed by atoms with E-state index in [1.165, 1.54) is 12.2 Å². The molecule has 2 rings (SSSR count). The summed E-state index contributed by atoms with van der Waals surface area (Å²) in [7, 11) is 0. The number of ketones is 1. The predicted molar refractivity (Wildman–Crippen MR) is 80.0 cm³/mol. The largest absolute Gasteiger partial charge is 0.466 e. The summed E-state index contributed by atoms with van der Waals surface area (Å²) in [6, 6.07) is 0. The van der Waals surface area contributed by atoms with E-state index in [2.05, 4.69) is 15.2 Å². The summed E-state index contributed by atoms with van der Waals surface area (Å²) in [5.74, 6) is 0.454. The summed E-state index contributed by atoms with van der Waals surface area (Å²) in [5, 5.41) is 2.86. The van der Waals surface area contributed by atoms with Gasteiger partial charge in [-0.25, -0.2) is 4.99 Å². The minimum absolute atomic E-state index is 0.0102. The molecule has 0 aromatic carbocycles. The van der Waals surface area contributed by atoms with Gasteiger partial charge in [-0.3, -0.25) is 14.5 Å². The maximum Gasteiger partial charge on any atom is 0.234 e. The van der Waals surface area contributed by atoms with Crippen molar-refractivity contribution in [2.45, 2.75) is 26.5 Å². The first-order valence-corrected chi connectivity index (χ1v) is 7.30. The monoisotopic (exact) mass is 291 g/mol. The van der Waals surface area contributed by atoms with Crippen molar-refractivity contribution >= 4 is 17.4 Å². The Morgan fingerprint density at radius 1 is 1.38 bits per heavy atom. The molecule has 1 N–H and O–H groups in total. The van der Waals surface area contributed by atoms with Crippen LogP contribution in [0.3, 0.4) is 0 Å². The number of hydrogen-bond donors (Lipinski definition) is 1. The standard InChI is InChI=1S/C15H21N3O3/c1-3-18(4-2)10-14(20)16-8-7-15-17-12-6-5-11(19)9-13(12)21-15/h5-6,9,15H,3-4,7-8,10H2,1-2H3,(H,16,20). The molecule has 2 aliphatic rings. The molecule has 1 amide bonds. The Morgan fingerprint density at radius 2 is 2.14 bits per heavy atom. The van der Waals surface area contributed by atoms with Gasteiger partial charge < -0.3 is 10.1 Å². The SMILES string of the molecule is CCN(CC)CC(=O)NCCC1N=C2C=CC(=O)C=C2O1. The number of hydrogen-bond acceptors (Lipinski definition) is 5. The minimum Gasteiger partial charge on any atom is -0.466 e. The molecular formula is C15H21N3O3. The number of allylic oxidation sites excluding steroid dienone is 3. The van der Waals surface area contributed by atoms with E-state index in [-0.39, 0.29) is 17.9 Å². The van der Waals surface area contributed by atoms with Crippen LogP contribution in [0, 0.1) is 0 Å². The summed E-state index contributed by atoms with van der Waals surface area (Å²) >= 11 is 0. The van der Waals surface area contributed by atoms with Crippen LogP contribution in [0.25, 0.3) is 0 Å². The Hall–Kier alpha value is -1.95. The van der Waals surface area contributed by atoms with E-state index in [4.69, 9.17) is 4.74 Å². The van der Waals surface area contributed by atoms with Crippen molar-refractivity contribution in [3.63, 3.8) is 0 Å². The van der Waals surface area contributed by atoms with Gasteiger partial charge in [-0.15, -0.1) is 0 Å². The lowest BCUT2D eigenvalue weighted by Crippen LogP contribution is -2.38. The van der Waals surface area contributed by atoms with Gasteiger partial charge in [0.15, 0.2) is 17.8 Å². The molecule has 1 unspecified atom stereocenters. The van der Waals surface area contributed by atoms with Crippen LogP contribution < -0.4 is 5.32 Å². The Kier molecular flexibility index (Phi) is 5.27. The van der Waals surface area contributed by atoms with Crippen molar-refractivity contribution in [1.29, 1.82) is 0 Å². The molecule has 0 bridgehead atoms. The van der Waals surface area contributed by atoms with E-state index >= 15 is 0 Å². The van der Waals surface area contributed by atoms with Crippen molar-refractivity contribution in [3.8, 4) is 0 Å². The highest BCUT2D eigenvalue weighted by Gasteiger charge is 2.24. The number of nitrogens with zero attached hydrogens (tertiary/aromatic N) is 2. The van der Waals surface area contributed by atoms with E-state index in [0.29, 0.717) is 31.0 Å². The highest BCUT2D eigenvalue weighted by molar-refractivity contribution is 6.19. The van der Waals surface area contributed by atoms with Crippen molar-refractivity contribution in [3.05, 3.63) is 24.0 Å². The van der Waals surface area contributed by atoms with Crippen molar-refractivity contribution in [1.82, 2.24) is 10.2 Å². The molecular weight excluding hydrogens is 270 g/mol. The Labute approximate surface area is 124 Å². The first kappa shape index (κ1) is 15.4. The lowest BCUT2D eigenvalue weighted by molar-refractivity contribution is -0.122. The minimum atomic E-state index is -0.324. The van der Waals surface area contributed by atoms with Crippen molar-refractivity contribution < 1.29 is 14.3 Å². The zero-order valence-corrected chi connectivity index (χ0v) is 12.5. The number of likely N-dealkylation sites (N-methyl/N-ethyl adjacent to an activating group) is 1. The van der Waals surface area contributed by atoms with Gasteiger partial charge in [0.25, 0.3) is 0 Å². The maximum absolute atomic E-state index is 11.7. The molecule has 6 heteroatoms. The molecule has 0 aromatic heterocycles. The third-order valence-corrected chi connectivity index (χ3v) is 3.45. The molecule has 1 aliphatic carbocycles. The molecule has 0 aromatic rings. The number of amides is 1. The van der Waals surface area contributed by atoms with Gasteiger partial charge in [-0.1, -0.05) is 13.8 Å². The highest BCUT2D eigenvalue weighted by atomic mass is 16.5. The first-order valence-electron chi connectivity index (χ1n) is 7.30.